The third-order valence-electron chi connectivity index (χ3n) is 7.27. The Morgan fingerprint density at radius 2 is 1.70 bits per heavy atom. The Morgan fingerprint density at radius 3 is 2.30 bits per heavy atom. The van der Waals surface area contributed by atoms with Gasteiger partial charge in [-0.25, -0.2) is 9.18 Å². The normalized spacial score (nSPS) is 19.0. The molecule has 5 nitrogen and oxygen atoms in total. The number of rotatable bonds is 2. The van der Waals surface area contributed by atoms with Gasteiger partial charge in [-0.1, -0.05) is 48.5 Å². The van der Waals surface area contributed by atoms with Crippen molar-refractivity contribution in [2.45, 2.75) is 38.3 Å². The number of amides is 1. The minimum absolute atomic E-state index is 0.101. The highest BCUT2D eigenvalue weighted by Crippen LogP contribution is 2.46. The number of carbonyl (C=O) groups is 2. The van der Waals surface area contributed by atoms with Gasteiger partial charge in [-0.15, -0.1) is 0 Å². The molecule has 0 saturated heterocycles. The van der Waals surface area contributed by atoms with Gasteiger partial charge < -0.3 is 10.5 Å². The zero-order valence-corrected chi connectivity index (χ0v) is 18.8. The fourth-order valence-corrected chi connectivity index (χ4v) is 5.09. The van der Waals surface area contributed by atoms with E-state index in [1.54, 1.807) is 20.9 Å². The summed E-state index contributed by atoms with van der Waals surface area (Å²) in [4.78, 5) is 28.3. The number of anilines is 1. The standard InChI is InChI=1S/C27H25FN2O3/c1-15-16-12-13-27(2,25(31)23(16)22(29)14-21(15)28)30(3)26(32)33-24-19-10-6-4-8-17(19)18-9-5-7-11-20(18)24/h4-11,14,24H,12-13,29H2,1-3H3. The van der Waals surface area contributed by atoms with Crippen molar-refractivity contribution in [1.82, 2.24) is 4.90 Å². The van der Waals surface area contributed by atoms with E-state index in [4.69, 9.17) is 10.5 Å². The van der Waals surface area contributed by atoms with Crippen LogP contribution >= 0.6 is 0 Å². The summed E-state index contributed by atoms with van der Waals surface area (Å²) in [6.45, 7) is 3.37. The van der Waals surface area contributed by atoms with Crippen LogP contribution in [0.5, 0.6) is 0 Å². The first-order chi connectivity index (χ1) is 15.7. The predicted octanol–water partition coefficient (Wildman–Crippen LogP) is 5.44. The molecule has 33 heavy (non-hydrogen) atoms. The van der Waals surface area contributed by atoms with E-state index in [1.165, 1.54) is 11.0 Å². The Hall–Kier alpha value is -3.67. The van der Waals surface area contributed by atoms with Crippen LogP contribution in [0.2, 0.25) is 0 Å². The molecular weight excluding hydrogens is 419 g/mol. The van der Waals surface area contributed by atoms with Gasteiger partial charge in [-0.05, 0) is 55.0 Å². The summed E-state index contributed by atoms with van der Waals surface area (Å²) < 4.78 is 20.2. The van der Waals surface area contributed by atoms with Gasteiger partial charge in [-0.3, -0.25) is 9.69 Å². The second-order valence-corrected chi connectivity index (χ2v) is 9.03. The van der Waals surface area contributed by atoms with Crippen LogP contribution in [0.15, 0.2) is 54.6 Å². The molecule has 168 valence electrons. The van der Waals surface area contributed by atoms with Crippen molar-refractivity contribution in [3.05, 3.63) is 88.2 Å². The molecule has 2 aliphatic rings. The molecule has 2 aliphatic carbocycles. The lowest BCUT2D eigenvalue weighted by atomic mass is 9.75. The molecule has 0 spiro atoms. The number of hydrogen-bond acceptors (Lipinski definition) is 4. The molecule has 0 aliphatic heterocycles. The van der Waals surface area contributed by atoms with Crippen LogP contribution in [0.25, 0.3) is 11.1 Å². The maximum absolute atomic E-state index is 14.2. The third kappa shape index (κ3) is 3.04. The molecule has 0 aromatic heterocycles. The SMILES string of the molecule is Cc1c(F)cc(N)c2c1CCC(C)(N(C)C(=O)OC1c3ccccc3-c3ccccc31)C2=O. The Kier molecular flexibility index (Phi) is 4.78. The second-order valence-electron chi connectivity index (χ2n) is 9.03. The van der Waals surface area contributed by atoms with Gasteiger partial charge in [0.1, 0.15) is 11.4 Å². The van der Waals surface area contributed by atoms with Gasteiger partial charge in [0.15, 0.2) is 11.9 Å². The largest absolute Gasteiger partial charge is 0.436 e. The first kappa shape index (κ1) is 21.2. The molecule has 0 radical (unpaired) electrons. The summed E-state index contributed by atoms with van der Waals surface area (Å²) in [5, 5.41) is 0. The van der Waals surface area contributed by atoms with Crippen molar-refractivity contribution in [3.63, 3.8) is 0 Å². The third-order valence-corrected chi connectivity index (χ3v) is 7.27. The summed E-state index contributed by atoms with van der Waals surface area (Å²) in [5.41, 5.74) is 10.3. The summed E-state index contributed by atoms with van der Waals surface area (Å²) in [5.74, 6) is -0.718. The number of ether oxygens (including phenoxy) is 1. The Balaban J connectivity index is 1.46. The number of hydrogen-bond donors (Lipinski definition) is 1. The van der Waals surface area contributed by atoms with E-state index in [0.29, 0.717) is 29.5 Å². The molecule has 0 saturated carbocycles. The Bertz CT molecular complexity index is 1270. The van der Waals surface area contributed by atoms with E-state index in [1.807, 2.05) is 48.5 Å². The van der Waals surface area contributed by atoms with Crippen LogP contribution in [-0.4, -0.2) is 29.4 Å². The highest BCUT2D eigenvalue weighted by atomic mass is 19.1. The number of halogens is 1. The average molecular weight is 445 g/mol. The number of nitrogens with two attached hydrogens (primary N) is 1. The van der Waals surface area contributed by atoms with Crippen LogP contribution in [0.3, 0.4) is 0 Å². The molecule has 1 atom stereocenters. The second kappa shape index (κ2) is 7.44. The molecule has 1 amide bonds. The molecule has 0 bridgehead atoms. The number of nitrogen functional groups attached to an aromatic ring is 1. The number of likely N-dealkylation sites (N-methyl/N-ethyl adjacent to an activating group) is 1. The molecule has 1 unspecified atom stereocenters. The number of ketones is 1. The monoisotopic (exact) mass is 444 g/mol. The van der Waals surface area contributed by atoms with Gasteiger partial charge in [0.05, 0.1) is 0 Å². The van der Waals surface area contributed by atoms with Crippen LogP contribution < -0.4 is 5.73 Å². The van der Waals surface area contributed by atoms with Crippen LogP contribution in [0.1, 0.15) is 52.1 Å². The van der Waals surface area contributed by atoms with Crippen molar-refractivity contribution in [2.24, 2.45) is 0 Å². The minimum Gasteiger partial charge on any atom is -0.436 e. The fourth-order valence-electron chi connectivity index (χ4n) is 5.09. The molecule has 0 heterocycles. The maximum Gasteiger partial charge on any atom is 0.411 e. The number of nitrogens with zero attached hydrogens (tertiary/aromatic N) is 1. The summed E-state index contributed by atoms with van der Waals surface area (Å²) in [6, 6.07) is 16.9. The molecule has 3 aromatic rings. The summed E-state index contributed by atoms with van der Waals surface area (Å²) >= 11 is 0. The topological polar surface area (TPSA) is 72.6 Å². The van der Waals surface area contributed by atoms with E-state index >= 15 is 0 Å². The van der Waals surface area contributed by atoms with Crippen molar-refractivity contribution in [1.29, 1.82) is 0 Å². The van der Waals surface area contributed by atoms with Crippen molar-refractivity contribution < 1.29 is 18.7 Å². The van der Waals surface area contributed by atoms with E-state index in [-0.39, 0.29) is 11.5 Å². The zero-order valence-electron chi connectivity index (χ0n) is 18.8. The van der Waals surface area contributed by atoms with Crippen LogP contribution in [0, 0.1) is 12.7 Å². The molecular formula is C27H25FN2O3. The number of Topliss-reactive ketones (excluding diaryl/α,β-unsaturated/α-hetero) is 1. The van der Waals surface area contributed by atoms with E-state index in [2.05, 4.69) is 0 Å². The Morgan fingerprint density at radius 1 is 1.12 bits per heavy atom. The number of fused-ring (bicyclic) bond motifs is 4. The Labute approximate surface area is 192 Å². The van der Waals surface area contributed by atoms with Crippen molar-refractivity contribution in [2.75, 3.05) is 12.8 Å². The lowest BCUT2D eigenvalue weighted by Gasteiger charge is -2.41. The first-order valence-corrected chi connectivity index (χ1v) is 11.0. The molecule has 5 rings (SSSR count). The smallest absolute Gasteiger partial charge is 0.411 e. The van der Waals surface area contributed by atoms with Gasteiger partial charge >= 0.3 is 6.09 Å². The number of benzene rings is 3. The highest BCUT2D eigenvalue weighted by molar-refractivity contribution is 6.10. The average Bonchev–Trinajstić information content (AvgIpc) is 3.12. The first-order valence-electron chi connectivity index (χ1n) is 11.0. The van der Waals surface area contributed by atoms with Crippen LogP contribution in [-0.2, 0) is 11.2 Å². The quantitative estimate of drug-likeness (QED) is 0.534. The summed E-state index contributed by atoms with van der Waals surface area (Å²) in [7, 11) is 1.57. The molecule has 6 heteroatoms. The van der Waals surface area contributed by atoms with E-state index < -0.39 is 23.6 Å². The molecule has 0 fully saturated rings. The number of carbonyl (C=O) groups excluding carboxylic acids is 2. The van der Waals surface area contributed by atoms with Crippen molar-refractivity contribution >= 4 is 17.6 Å². The predicted molar refractivity (Wildman–Crippen MR) is 125 cm³/mol. The zero-order chi connectivity index (χ0) is 23.5. The maximum atomic E-state index is 14.2. The lowest BCUT2D eigenvalue weighted by molar-refractivity contribution is 0.0398. The van der Waals surface area contributed by atoms with E-state index in [0.717, 1.165) is 22.3 Å². The van der Waals surface area contributed by atoms with Gasteiger partial charge in [0.2, 0.25) is 0 Å². The minimum atomic E-state index is -1.15. The van der Waals surface area contributed by atoms with Crippen molar-refractivity contribution in [3.8, 4) is 11.1 Å². The highest BCUT2D eigenvalue weighted by Gasteiger charge is 2.46. The molecule has 2 N–H and O–H groups in total. The van der Waals surface area contributed by atoms with E-state index in [9.17, 15) is 14.0 Å². The van der Waals surface area contributed by atoms with Gasteiger partial charge in [0.25, 0.3) is 0 Å². The summed E-state index contributed by atoms with van der Waals surface area (Å²) in [6.07, 6.45) is -0.351. The molecule has 3 aromatic carbocycles. The van der Waals surface area contributed by atoms with Gasteiger partial charge in [0, 0.05) is 29.4 Å². The van der Waals surface area contributed by atoms with Crippen LogP contribution in [0.4, 0.5) is 14.9 Å². The lowest BCUT2D eigenvalue weighted by Crippen LogP contribution is -2.55. The van der Waals surface area contributed by atoms with Gasteiger partial charge in [-0.2, -0.15) is 0 Å². The fraction of sp³-hybridized carbons (Fsp3) is 0.259.